The van der Waals surface area contributed by atoms with Gasteiger partial charge in [-0.25, -0.2) is 0 Å². The first-order chi connectivity index (χ1) is 12.6. The van der Waals surface area contributed by atoms with E-state index in [4.69, 9.17) is 5.73 Å². The van der Waals surface area contributed by atoms with Crippen molar-refractivity contribution in [2.45, 2.75) is 56.4 Å². The number of ketones is 1. The third-order valence-electron chi connectivity index (χ3n) is 5.62. The van der Waals surface area contributed by atoms with Gasteiger partial charge in [0.05, 0.1) is 6.61 Å². The maximum atomic E-state index is 12.4. The van der Waals surface area contributed by atoms with Crippen LogP contribution < -0.4 is 5.73 Å². The van der Waals surface area contributed by atoms with E-state index in [-0.39, 0.29) is 12.4 Å². The third kappa shape index (κ3) is 4.80. The number of hydrogen-bond acceptors (Lipinski definition) is 3. The highest BCUT2D eigenvalue weighted by Crippen LogP contribution is 2.39. The molecule has 3 rings (SSSR count). The van der Waals surface area contributed by atoms with Crippen LogP contribution in [0.15, 0.2) is 54.6 Å². The summed E-state index contributed by atoms with van der Waals surface area (Å²) in [6.45, 7) is 0.0447. The lowest BCUT2D eigenvalue weighted by molar-refractivity contribution is 0.0979. The fourth-order valence-electron chi connectivity index (χ4n) is 3.93. The number of Topliss-reactive ketones (excluding diaryl/α,β-unsaturated/α-hetero) is 1. The quantitative estimate of drug-likeness (QED) is 0.552. The highest BCUT2D eigenvalue weighted by molar-refractivity contribution is 5.96. The molecule has 0 amide bonds. The number of unbranched alkanes of at least 4 members (excludes halogenated alkanes) is 1. The molecule has 0 saturated heterocycles. The van der Waals surface area contributed by atoms with Crippen molar-refractivity contribution in [2.24, 2.45) is 5.73 Å². The molecule has 3 heteroatoms. The van der Waals surface area contributed by atoms with Crippen molar-refractivity contribution >= 4 is 5.78 Å². The molecule has 0 bridgehead atoms. The Hall–Kier alpha value is -1.97. The van der Waals surface area contributed by atoms with Gasteiger partial charge in [0.1, 0.15) is 0 Å². The summed E-state index contributed by atoms with van der Waals surface area (Å²) in [7, 11) is 0. The van der Waals surface area contributed by atoms with Crippen LogP contribution in [0, 0.1) is 0 Å². The summed E-state index contributed by atoms with van der Waals surface area (Å²) >= 11 is 0. The zero-order valence-electron chi connectivity index (χ0n) is 15.4. The van der Waals surface area contributed by atoms with Crippen molar-refractivity contribution in [3.8, 4) is 0 Å². The van der Waals surface area contributed by atoms with Gasteiger partial charge in [-0.15, -0.1) is 0 Å². The van der Waals surface area contributed by atoms with E-state index in [1.807, 2.05) is 18.2 Å². The van der Waals surface area contributed by atoms with E-state index < -0.39 is 5.54 Å². The minimum Gasteiger partial charge on any atom is -0.394 e. The van der Waals surface area contributed by atoms with Crippen molar-refractivity contribution in [3.05, 3.63) is 71.3 Å². The summed E-state index contributed by atoms with van der Waals surface area (Å²) in [5, 5.41) is 9.41. The topological polar surface area (TPSA) is 63.3 Å². The molecular formula is C23H29NO2. The molecule has 138 valence electrons. The largest absolute Gasteiger partial charge is 0.394 e. The first-order valence-corrected chi connectivity index (χ1v) is 9.66. The van der Waals surface area contributed by atoms with E-state index in [0.717, 1.165) is 44.1 Å². The molecule has 0 unspecified atom stereocenters. The van der Waals surface area contributed by atoms with E-state index in [0.29, 0.717) is 12.3 Å². The van der Waals surface area contributed by atoms with Crippen molar-refractivity contribution < 1.29 is 9.90 Å². The molecule has 2 aromatic carbocycles. The Balaban J connectivity index is 1.46. The maximum Gasteiger partial charge on any atom is 0.162 e. The van der Waals surface area contributed by atoms with Crippen LogP contribution in [0.4, 0.5) is 0 Å². The second kappa shape index (κ2) is 8.61. The van der Waals surface area contributed by atoms with Gasteiger partial charge in [0.2, 0.25) is 0 Å². The van der Waals surface area contributed by atoms with E-state index in [9.17, 15) is 9.90 Å². The molecule has 1 saturated carbocycles. The molecule has 2 aromatic rings. The van der Waals surface area contributed by atoms with Crippen LogP contribution in [-0.4, -0.2) is 23.0 Å². The number of nitrogens with two attached hydrogens (primary N) is 1. The number of carbonyl (C=O) groups is 1. The number of benzene rings is 2. The second-order valence-corrected chi connectivity index (χ2v) is 7.70. The number of aryl methyl sites for hydroxylation is 1. The van der Waals surface area contributed by atoms with Gasteiger partial charge in [0, 0.05) is 17.5 Å². The Labute approximate surface area is 156 Å². The van der Waals surface area contributed by atoms with Crippen LogP contribution >= 0.6 is 0 Å². The number of aliphatic hydroxyl groups excluding tert-OH is 1. The molecule has 3 N–H and O–H groups in total. The predicted molar refractivity (Wildman–Crippen MR) is 105 cm³/mol. The van der Waals surface area contributed by atoms with E-state index in [2.05, 4.69) is 36.4 Å². The molecule has 0 spiro atoms. The fraction of sp³-hybridized carbons (Fsp3) is 0.435. The zero-order valence-corrected chi connectivity index (χ0v) is 15.4. The molecule has 26 heavy (non-hydrogen) atoms. The molecule has 0 aliphatic heterocycles. The lowest BCUT2D eigenvalue weighted by Gasteiger charge is -2.20. The smallest absolute Gasteiger partial charge is 0.162 e. The van der Waals surface area contributed by atoms with Gasteiger partial charge >= 0.3 is 0 Å². The molecule has 0 radical (unpaired) electrons. The first-order valence-electron chi connectivity index (χ1n) is 9.66. The second-order valence-electron chi connectivity index (χ2n) is 7.70. The number of carbonyl (C=O) groups excluding carboxylic acids is 1. The summed E-state index contributed by atoms with van der Waals surface area (Å²) < 4.78 is 0. The molecule has 2 atom stereocenters. The number of rotatable bonds is 8. The lowest BCUT2D eigenvalue weighted by atomic mass is 9.92. The van der Waals surface area contributed by atoms with E-state index >= 15 is 0 Å². The third-order valence-corrected chi connectivity index (χ3v) is 5.62. The first kappa shape index (κ1) is 18.8. The number of aliphatic hydroxyl groups is 1. The van der Waals surface area contributed by atoms with Crippen molar-refractivity contribution in [1.82, 2.24) is 0 Å². The SMILES string of the molecule is N[C@]1(CO)CC[C@@H](c2ccc(C(=O)CCCCc3ccccc3)cc2)C1. The highest BCUT2D eigenvalue weighted by Gasteiger charge is 2.35. The normalized spacial score (nSPS) is 22.5. The Morgan fingerprint density at radius 1 is 1.08 bits per heavy atom. The van der Waals surface area contributed by atoms with Gasteiger partial charge in [-0.1, -0.05) is 54.6 Å². The Morgan fingerprint density at radius 2 is 1.81 bits per heavy atom. The average molecular weight is 351 g/mol. The van der Waals surface area contributed by atoms with Crippen molar-refractivity contribution in [2.75, 3.05) is 6.61 Å². The summed E-state index contributed by atoms with van der Waals surface area (Å²) in [5.74, 6) is 0.613. The summed E-state index contributed by atoms with van der Waals surface area (Å²) in [6, 6.07) is 18.4. The number of hydrogen-bond donors (Lipinski definition) is 2. The molecule has 1 aliphatic carbocycles. The van der Waals surface area contributed by atoms with E-state index in [1.54, 1.807) is 0 Å². The average Bonchev–Trinajstić information content (AvgIpc) is 3.09. The minimum atomic E-state index is -0.433. The van der Waals surface area contributed by atoms with Crippen LogP contribution in [0.5, 0.6) is 0 Å². The molecule has 0 aromatic heterocycles. The molecular weight excluding hydrogens is 322 g/mol. The predicted octanol–water partition coefficient (Wildman–Crippen LogP) is 4.24. The van der Waals surface area contributed by atoms with Gasteiger partial charge in [-0.05, 0) is 55.6 Å². The fourth-order valence-corrected chi connectivity index (χ4v) is 3.93. The van der Waals surface area contributed by atoms with Crippen molar-refractivity contribution in [1.29, 1.82) is 0 Å². The van der Waals surface area contributed by atoms with Gasteiger partial charge in [0.25, 0.3) is 0 Å². The maximum absolute atomic E-state index is 12.4. The van der Waals surface area contributed by atoms with Gasteiger partial charge in [-0.3, -0.25) is 4.79 Å². The zero-order chi connectivity index (χ0) is 18.4. The summed E-state index contributed by atoms with van der Waals surface area (Å²) in [6.07, 6.45) is 6.27. The van der Waals surface area contributed by atoms with Gasteiger partial charge in [-0.2, -0.15) is 0 Å². The summed E-state index contributed by atoms with van der Waals surface area (Å²) in [4.78, 5) is 12.4. The van der Waals surface area contributed by atoms with E-state index in [1.165, 1.54) is 11.1 Å². The van der Waals surface area contributed by atoms with Crippen LogP contribution in [0.25, 0.3) is 0 Å². The molecule has 3 nitrogen and oxygen atoms in total. The lowest BCUT2D eigenvalue weighted by Crippen LogP contribution is -2.40. The van der Waals surface area contributed by atoms with Crippen LogP contribution in [0.1, 0.15) is 65.9 Å². The minimum absolute atomic E-state index is 0.0447. The van der Waals surface area contributed by atoms with Crippen LogP contribution in [-0.2, 0) is 6.42 Å². The monoisotopic (exact) mass is 351 g/mol. The highest BCUT2D eigenvalue weighted by atomic mass is 16.3. The molecule has 1 fully saturated rings. The Bertz CT molecular complexity index is 711. The summed E-state index contributed by atoms with van der Waals surface area (Å²) in [5.41, 5.74) is 9.10. The standard InChI is InChI=1S/C23H29NO2/c24-23(17-25)15-14-21(16-23)19-10-12-20(13-11-19)22(26)9-5-4-8-18-6-2-1-3-7-18/h1-3,6-7,10-13,21,25H,4-5,8-9,14-17,24H2/t21-,23-/m1/s1. The van der Waals surface area contributed by atoms with Gasteiger partial charge in [0.15, 0.2) is 5.78 Å². The molecule has 1 aliphatic rings. The van der Waals surface area contributed by atoms with Crippen LogP contribution in [0.2, 0.25) is 0 Å². The van der Waals surface area contributed by atoms with Crippen molar-refractivity contribution in [3.63, 3.8) is 0 Å². The van der Waals surface area contributed by atoms with Gasteiger partial charge < -0.3 is 10.8 Å². The van der Waals surface area contributed by atoms with Crippen LogP contribution in [0.3, 0.4) is 0 Å². The Morgan fingerprint density at radius 3 is 2.46 bits per heavy atom. The Kier molecular flexibility index (Phi) is 6.23. The molecule has 0 heterocycles.